The monoisotopic (exact) mass is 350 g/mol. The van der Waals surface area contributed by atoms with Crippen LogP contribution >= 0.6 is 0 Å². The minimum Gasteiger partial charge on any atom is -0.378 e. The van der Waals surface area contributed by atoms with Crippen LogP contribution in [-0.2, 0) is 9.47 Å². The molecule has 0 N–H and O–H groups in total. The van der Waals surface area contributed by atoms with Gasteiger partial charge in [-0.05, 0) is 70.1 Å². The van der Waals surface area contributed by atoms with E-state index in [1.807, 2.05) is 0 Å². The molecule has 2 saturated carbocycles. The highest BCUT2D eigenvalue weighted by Crippen LogP contribution is 2.28. The Morgan fingerprint density at radius 3 is 2.40 bits per heavy atom. The Bertz CT molecular complexity index is 296. The smallest absolute Gasteiger partial charge is 0.0575 e. The molecule has 3 atom stereocenters. The second kappa shape index (κ2) is 14.0. The minimum atomic E-state index is 0.531. The van der Waals surface area contributed by atoms with Crippen molar-refractivity contribution in [2.24, 2.45) is 5.92 Å². The third-order valence-corrected chi connectivity index (χ3v) is 6.02. The highest BCUT2D eigenvalue weighted by molar-refractivity contribution is 4.75. The Morgan fingerprint density at radius 2 is 1.52 bits per heavy atom. The second-order valence-corrected chi connectivity index (χ2v) is 8.21. The molecule has 0 heterocycles. The van der Waals surface area contributed by atoms with Crippen LogP contribution in [0.5, 0.6) is 0 Å². The van der Waals surface area contributed by atoms with E-state index < -0.39 is 0 Å². The number of hydrogen-bond acceptors (Lipinski definition) is 2. The van der Waals surface area contributed by atoms with E-state index in [0.29, 0.717) is 12.2 Å². The highest BCUT2D eigenvalue weighted by Gasteiger charge is 2.19. The lowest BCUT2D eigenvalue weighted by atomic mass is 9.95. The van der Waals surface area contributed by atoms with Crippen molar-refractivity contribution in [1.29, 1.82) is 0 Å². The maximum Gasteiger partial charge on any atom is 0.0575 e. The molecule has 2 heteroatoms. The fourth-order valence-corrected chi connectivity index (χ4v) is 4.38. The first kappa shape index (κ1) is 21.2. The van der Waals surface area contributed by atoms with Crippen LogP contribution in [-0.4, -0.2) is 25.4 Å². The summed E-state index contributed by atoms with van der Waals surface area (Å²) in [6.07, 6.45) is 24.0. The summed E-state index contributed by atoms with van der Waals surface area (Å²) in [4.78, 5) is 0. The predicted octanol–water partition coefficient (Wildman–Crippen LogP) is 6.68. The van der Waals surface area contributed by atoms with Crippen molar-refractivity contribution in [3.05, 3.63) is 13.3 Å². The summed E-state index contributed by atoms with van der Waals surface area (Å²) in [6, 6.07) is 0. The maximum absolute atomic E-state index is 6.14. The van der Waals surface area contributed by atoms with Crippen LogP contribution in [0.1, 0.15) is 103 Å². The van der Waals surface area contributed by atoms with E-state index >= 15 is 0 Å². The molecule has 3 unspecified atom stereocenters. The van der Waals surface area contributed by atoms with Gasteiger partial charge in [0.1, 0.15) is 0 Å². The average Bonchev–Trinajstić information content (AvgIpc) is 3.02. The lowest BCUT2D eigenvalue weighted by molar-refractivity contribution is 0.0368. The molecule has 0 aromatic carbocycles. The van der Waals surface area contributed by atoms with Gasteiger partial charge in [0.25, 0.3) is 0 Å². The Hall–Kier alpha value is -0.0800. The summed E-state index contributed by atoms with van der Waals surface area (Å²) < 4.78 is 12.3. The molecule has 2 fully saturated rings. The van der Waals surface area contributed by atoms with Gasteiger partial charge in [-0.3, -0.25) is 0 Å². The Morgan fingerprint density at radius 1 is 0.720 bits per heavy atom. The van der Waals surface area contributed by atoms with Gasteiger partial charge in [0, 0.05) is 13.2 Å². The van der Waals surface area contributed by atoms with Gasteiger partial charge in [0.15, 0.2) is 0 Å². The van der Waals surface area contributed by atoms with Gasteiger partial charge < -0.3 is 9.47 Å². The van der Waals surface area contributed by atoms with Gasteiger partial charge in [-0.1, -0.05) is 51.9 Å². The number of ether oxygens (including phenoxy) is 2. The summed E-state index contributed by atoms with van der Waals surface area (Å²) in [5, 5.41) is 0. The van der Waals surface area contributed by atoms with E-state index in [-0.39, 0.29) is 0 Å². The van der Waals surface area contributed by atoms with Crippen molar-refractivity contribution < 1.29 is 9.47 Å². The summed E-state index contributed by atoms with van der Waals surface area (Å²) in [5.74, 6) is 0.908. The van der Waals surface area contributed by atoms with Crippen LogP contribution < -0.4 is 0 Å². The number of rotatable bonds is 11. The third kappa shape index (κ3) is 9.99. The topological polar surface area (TPSA) is 18.5 Å². The largest absolute Gasteiger partial charge is 0.378 e. The van der Waals surface area contributed by atoms with E-state index in [2.05, 4.69) is 13.3 Å². The normalized spacial score (nSPS) is 26.3. The Balaban J connectivity index is 1.49. The van der Waals surface area contributed by atoms with E-state index in [1.165, 1.54) is 96.3 Å². The maximum atomic E-state index is 6.14. The van der Waals surface area contributed by atoms with Crippen LogP contribution in [0, 0.1) is 19.3 Å². The first-order valence-corrected chi connectivity index (χ1v) is 11.2. The number of unbranched alkanes of at least 4 members (excludes halogenated alkanes) is 3. The standard InChI is InChI=1S/C23H42O2/c1-2-3-4-9-19-24-23-16-10-12-21(17-18-23)13-11-20-25-22-14-7-5-6-8-15-22/h5,21-23H,1-4,6-20H2. The van der Waals surface area contributed by atoms with Crippen LogP contribution in [0.2, 0.25) is 0 Å². The van der Waals surface area contributed by atoms with Crippen molar-refractivity contribution in [1.82, 2.24) is 0 Å². The second-order valence-electron chi connectivity index (χ2n) is 8.21. The van der Waals surface area contributed by atoms with E-state index in [1.54, 1.807) is 0 Å². The van der Waals surface area contributed by atoms with Crippen LogP contribution in [0.3, 0.4) is 0 Å². The fourth-order valence-electron chi connectivity index (χ4n) is 4.38. The quantitative estimate of drug-likeness (QED) is 0.305. The minimum absolute atomic E-state index is 0.531. The van der Waals surface area contributed by atoms with Crippen molar-refractivity contribution in [3.63, 3.8) is 0 Å². The molecular formula is C23H42O2. The summed E-state index contributed by atoms with van der Waals surface area (Å²) in [6.45, 7) is 5.84. The first-order chi connectivity index (χ1) is 12.4. The van der Waals surface area contributed by atoms with Crippen molar-refractivity contribution in [2.45, 2.75) is 115 Å². The molecular weight excluding hydrogens is 308 g/mol. The first-order valence-electron chi connectivity index (χ1n) is 11.2. The SMILES string of the molecule is [CH2]CCCCCOC1CCCC(CCCOC2CC[CH]CCC2)CC1. The molecule has 2 aliphatic carbocycles. The van der Waals surface area contributed by atoms with Gasteiger partial charge >= 0.3 is 0 Å². The predicted molar refractivity (Wildman–Crippen MR) is 106 cm³/mol. The van der Waals surface area contributed by atoms with Gasteiger partial charge in [0.2, 0.25) is 0 Å². The van der Waals surface area contributed by atoms with E-state index in [9.17, 15) is 0 Å². The van der Waals surface area contributed by atoms with Crippen LogP contribution in [0.25, 0.3) is 0 Å². The van der Waals surface area contributed by atoms with Crippen molar-refractivity contribution in [3.8, 4) is 0 Å². The van der Waals surface area contributed by atoms with Crippen molar-refractivity contribution in [2.75, 3.05) is 13.2 Å². The van der Waals surface area contributed by atoms with Crippen LogP contribution in [0.4, 0.5) is 0 Å². The molecule has 146 valence electrons. The zero-order valence-electron chi connectivity index (χ0n) is 16.6. The lowest BCUT2D eigenvalue weighted by Gasteiger charge is -2.18. The van der Waals surface area contributed by atoms with Gasteiger partial charge in [-0.25, -0.2) is 0 Å². The van der Waals surface area contributed by atoms with Gasteiger partial charge in [-0.2, -0.15) is 0 Å². The van der Waals surface area contributed by atoms with Gasteiger partial charge in [-0.15, -0.1) is 0 Å². The van der Waals surface area contributed by atoms with E-state index in [4.69, 9.17) is 9.47 Å². The molecule has 2 rings (SSSR count). The zero-order valence-corrected chi connectivity index (χ0v) is 16.6. The molecule has 0 bridgehead atoms. The summed E-state index contributed by atoms with van der Waals surface area (Å²) in [5.41, 5.74) is 0. The fraction of sp³-hybridized carbons (Fsp3) is 0.913. The molecule has 0 aromatic rings. The van der Waals surface area contributed by atoms with Gasteiger partial charge in [0.05, 0.1) is 12.2 Å². The summed E-state index contributed by atoms with van der Waals surface area (Å²) in [7, 11) is 0. The molecule has 0 aromatic heterocycles. The summed E-state index contributed by atoms with van der Waals surface area (Å²) >= 11 is 0. The third-order valence-electron chi connectivity index (χ3n) is 6.02. The highest BCUT2D eigenvalue weighted by atomic mass is 16.5. The Kier molecular flexibility index (Phi) is 11.9. The molecule has 0 aliphatic heterocycles. The zero-order chi connectivity index (χ0) is 17.6. The van der Waals surface area contributed by atoms with Crippen molar-refractivity contribution >= 4 is 0 Å². The molecule has 2 radical (unpaired) electrons. The molecule has 25 heavy (non-hydrogen) atoms. The molecule has 0 amide bonds. The molecule has 2 nitrogen and oxygen atoms in total. The molecule has 2 aliphatic rings. The molecule has 0 saturated heterocycles. The van der Waals surface area contributed by atoms with E-state index in [0.717, 1.165) is 25.6 Å². The Labute approximate surface area is 157 Å². The lowest BCUT2D eigenvalue weighted by Crippen LogP contribution is -2.14. The molecule has 0 spiro atoms. The van der Waals surface area contributed by atoms with Crippen LogP contribution in [0.15, 0.2) is 0 Å². The average molecular weight is 351 g/mol. The number of hydrogen-bond donors (Lipinski definition) is 0.